The topological polar surface area (TPSA) is 75.3 Å². The lowest BCUT2D eigenvalue weighted by atomic mass is 10.3. The van der Waals surface area contributed by atoms with Gasteiger partial charge in [-0.25, -0.2) is 0 Å². The molecule has 4 nitrogen and oxygen atoms in total. The first-order valence-corrected chi connectivity index (χ1v) is 3.25. The fourth-order valence-corrected chi connectivity index (χ4v) is 0.409. The maximum atomic E-state index is 10.7. The first kappa shape index (κ1) is 9.39. The molecule has 4 N–H and O–H groups in total. The number of carbonyl (C=O) groups is 1. The molecule has 0 saturated heterocycles. The zero-order chi connectivity index (χ0) is 8.15. The van der Waals surface area contributed by atoms with Gasteiger partial charge in [-0.3, -0.25) is 4.79 Å². The Balaban J connectivity index is 3.40. The van der Waals surface area contributed by atoms with E-state index < -0.39 is 12.1 Å². The monoisotopic (exact) mass is 146 g/mol. The van der Waals surface area contributed by atoms with Crippen LogP contribution in [-0.4, -0.2) is 29.7 Å². The molecule has 0 bridgehead atoms. The molecule has 0 aliphatic carbocycles. The van der Waals surface area contributed by atoms with Gasteiger partial charge in [0.1, 0.15) is 0 Å². The van der Waals surface area contributed by atoms with Crippen LogP contribution in [0.1, 0.15) is 13.8 Å². The van der Waals surface area contributed by atoms with Gasteiger partial charge in [-0.1, -0.05) is 0 Å². The van der Waals surface area contributed by atoms with Crippen molar-refractivity contribution in [1.29, 1.82) is 0 Å². The van der Waals surface area contributed by atoms with Crippen molar-refractivity contribution < 1.29 is 9.90 Å². The molecular formula is C6H14N2O2. The second-order valence-corrected chi connectivity index (χ2v) is 2.38. The van der Waals surface area contributed by atoms with E-state index in [-0.39, 0.29) is 12.5 Å². The van der Waals surface area contributed by atoms with E-state index in [0.717, 1.165) is 0 Å². The molecule has 0 aliphatic rings. The zero-order valence-electron chi connectivity index (χ0n) is 6.29. The third-order valence-corrected chi connectivity index (χ3v) is 0.985. The maximum absolute atomic E-state index is 10.7. The summed E-state index contributed by atoms with van der Waals surface area (Å²) in [5.41, 5.74) is 5.23. The molecule has 0 aromatic rings. The predicted octanol–water partition coefficient (Wildman–Crippen LogP) is -1.17. The van der Waals surface area contributed by atoms with Crippen LogP contribution in [-0.2, 0) is 4.79 Å². The molecular weight excluding hydrogens is 132 g/mol. The van der Waals surface area contributed by atoms with Crippen LogP contribution >= 0.6 is 0 Å². The van der Waals surface area contributed by atoms with Gasteiger partial charge in [0.25, 0.3) is 0 Å². The summed E-state index contributed by atoms with van der Waals surface area (Å²) < 4.78 is 0. The normalized spacial score (nSPS) is 16.0. The van der Waals surface area contributed by atoms with E-state index in [1.807, 2.05) is 0 Å². The molecule has 0 rings (SSSR count). The minimum atomic E-state index is -0.511. The lowest BCUT2D eigenvalue weighted by Gasteiger charge is -2.08. The van der Waals surface area contributed by atoms with Crippen molar-refractivity contribution in [2.75, 3.05) is 6.54 Å². The van der Waals surface area contributed by atoms with Crippen molar-refractivity contribution >= 4 is 5.91 Å². The molecule has 60 valence electrons. The third kappa shape index (κ3) is 4.29. The molecule has 0 aromatic carbocycles. The SMILES string of the molecule is C[C@H](O)CNC(=O)[C@H](C)N. The number of nitrogens with one attached hydrogen (secondary N) is 1. The van der Waals surface area contributed by atoms with Crippen LogP contribution in [0.5, 0.6) is 0 Å². The van der Waals surface area contributed by atoms with Crippen molar-refractivity contribution in [3.63, 3.8) is 0 Å². The van der Waals surface area contributed by atoms with Crippen molar-refractivity contribution in [3.8, 4) is 0 Å². The minimum Gasteiger partial charge on any atom is -0.392 e. The van der Waals surface area contributed by atoms with Gasteiger partial charge in [-0.2, -0.15) is 0 Å². The molecule has 0 fully saturated rings. The highest BCUT2D eigenvalue weighted by Crippen LogP contribution is 1.78. The molecule has 1 amide bonds. The van der Waals surface area contributed by atoms with E-state index in [1.54, 1.807) is 13.8 Å². The number of aliphatic hydroxyl groups excluding tert-OH is 1. The van der Waals surface area contributed by atoms with E-state index >= 15 is 0 Å². The van der Waals surface area contributed by atoms with E-state index in [0.29, 0.717) is 0 Å². The van der Waals surface area contributed by atoms with Gasteiger partial charge in [-0.15, -0.1) is 0 Å². The lowest BCUT2D eigenvalue weighted by molar-refractivity contribution is -0.122. The van der Waals surface area contributed by atoms with Crippen LogP contribution in [0, 0.1) is 0 Å². The fourth-order valence-electron chi connectivity index (χ4n) is 0.409. The molecule has 0 saturated carbocycles. The Morgan fingerprint density at radius 2 is 2.20 bits per heavy atom. The Labute approximate surface area is 60.4 Å². The van der Waals surface area contributed by atoms with Crippen LogP contribution in [0.25, 0.3) is 0 Å². The average molecular weight is 146 g/mol. The van der Waals surface area contributed by atoms with Crippen LogP contribution in [0.2, 0.25) is 0 Å². The summed E-state index contributed by atoms with van der Waals surface area (Å²) in [6.45, 7) is 3.46. The van der Waals surface area contributed by atoms with Gasteiger partial charge in [0, 0.05) is 6.54 Å². The Hall–Kier alpha value is -0.610. The molecule has 0 spiro atoms. The van der Waals surface area contributed by atoms with Gasteiger partial charge < -0.3 is 16.2 Å². The van der Waals surface area contributed by atoms with Crippen LogP contribution in [0.3, 0.4) is 0 Å². The minimum absolute atomic E-state index is 0.235. The number of aliphatic hydroxyl groups is 1. The molecule has 4 heteroatoms. The van der Waals surface area contributed by atoms with Crippen LogP contribution in [0.15, 0.2) is 0 Å². The van der Waals surface area contributed by atoms with E-state index in [4.69, 9.17) is 10.8 Å². The predicted molar refractivity (Wildman–Crippen MR) is 38.3 cm³/mol. The molecule has 0 aromatic heterocycles. The largest absolute Gasteiger partial charge is 0.392 e. The van der Waals surface area contributed by atoms with Crippen molar-refractivity contribution in [2.24, 2.45) is 5.73 Å². The fraction of sp³-hybridized carbons (Fsp3) is 0.833. The molecule has 0 radical (unpaired) electrons. The van der Waals surface area contributed by atoms with Gasteiger partial charge in [0.2, 0.25) is 5.91 Å². The number of carbonyl (C=O) groups excluding carboxylic acids is 1. The molecule has 0 heterocycles. The highest BCUT2D eigenvalue weighted by Gasteiger charge is 2.06. The molecule has 0 aliphatic heterocycles. The first-order chi connectivity index (χ1) is 4.54. The standard InChI is InChI=1S/C6H14N2O2/c1-4(9)3-8-6(10)5(2)7/h4-5,9H,3,7H2,1-2H3,(H,8,10)/t4-,5-/m0/s1. The van der Waals surface area contributed by atoms with Gasteiger partial charge in [0.15, 0.2) is 0 Å². The molecule has 2 atom stereocenters. The van der Waals surface area contributed by atoms with Crippen molar-refractivity contribution in [2.45, 2.75) is 26.0 Å². The molecule has 0 unspecified atom stereocenters. The van der Waals surface area contributed by atoms with E-state index in [9.17, 15) is 4.79 Å². The van der Waals surface area contributed by atoms with Gasteiger partial charge >= 0.3 is 0 Å². The summed E-state index contributed by atoms with van der Waals surface area (Å²) >= 11 is 0. The smallest absolute Gasteiger partial charge is 0.236 e. The highest BCUT2D eigenvalue weighted by atomic mass is 16.3. The van der Waals surface area contributed by atoms with Crippen LogP contribution in [0.4, 0.5) is 0 Å². The van der Waals surface area contributed by atoms with Gasteiger partial charge in [-0.05, 0) is 13.8 Å². The second kappa shape index (κ2) is 4.24. The number of rotatable bonds is 3. The summed E-state index contributed by atoms with van der Waals surface area (Å²) in [6, 6.07) is -0.501. The number of hydrogen-bond acceptors (Lipinski definition) is 3. The van der Waals surface area contributed by atoms with E-state index in [2.05, 4.69) is 5.32 Å². The van der Waals surface area contributed by atoms with Crippen LogP contribution < -0.4 is 11.1 Å². The number of amides is 1. The van der Waals surface area contributed by atoms with Crippen molar-refractivity contribution in [3.05, 3.63) is 0 Å². The summed E-state index contributed by atoms with van der Waals surface area (Å²) in [6.07, 6.45) is -0.511. The Morgan fingerprint density at radius 3 is 2.50 bits per heavy atom. The summed E-state index contributed by atoms with van der Waals surface area (Å²) in [5.74, 6) is -0.235. The average Bonchev–Trinajstić information content (AvgIpc) is 1.82. The number of hydrogen-bond donors (Lipinski definition) is 3. The Kier molecular flexibility index (Phi) is 3.99. The summed E-state index contributed by atoms with van der Waals surface area (Å²) in [7, 11) is 0. The highest BCUT2D eigenvalue weighted by molar-refractivity contribution is 5.80. The zero-order valence-corrected chi connectivity index (χ0v) is 6.29. The third-order valence-electron chi connectivity index (χ3n) is 0.985. The quantitative estimate of drug-likeness (QED) is 0.469. The van der Waals surface area contributed by atoms with Gasteiger partial charge in [0.05, 0.1) is 12.1 Å². The number of nitrogens with two attached hydrogens (primary N) is 1. The first-order valence-electron chi connectivity index (χ1n) is 3.25. The Bertz CT molecular complexity index is 112. The maximum Gasteiger partial charge on any atom is 0.236 e. The second-order valence-electron chi connectivity index (χ2n) is 2.38. The Morgan fingerprint density at radius 1 is 1.70 bits per heavy atom. The lowest BCUT2D eigenvalue weighted by Crippen LogP contribution is -2.41. The molecule has 10 heavy (non-hydrogen) atoms. The summed E-state index contributed by atoms with van der Waals surface area (Å²) in [4.78, 5) is 10.7. The van der Waals surface area contributed by atoms with Crippen molar-refractivity contribution in [1.82, 2.24) is 5.32 Å². The van der Waals surface area contributed by atoms with E-state index in [1.165, 1.54) is 0 Å². The summed E-state index contributed by atoms with van der Waals surface area (Å²) in [5, 5.41) is 11.2.